The Bertz CT molecular complexity index is 433. The Morgan fingerprint density at radius 3 is 2.60 bits per heavy atom. The van der Waals surface area contributed by atoms with E-state index in [1.807, 2.05) is 13.8 Å². The molecule has 0 spiro atoms. The highest BCUT2D eigenvalue weighted by molar-refractivity contribution is 5.22. The molecule has 20 heavy (non-hydrogen) atoms. The number of aromatic nitrogens is 1. The summed E-state index contributed by atoms with van der Waals surface area (Å²) in [5.41, 5.74) is -1.75. The van der Waals surface area contributed by atoms with E-state index in [4.69, 9.17) is 0 Å². The Labute approximate surface area is 117 Å². The quantitative estimate of drug-likeness (QED) is 0.846. The smallest absolute Gasteiger partial charge is 0.389 e. The van der Waals surface area contributed by atoms with Crippen LogP contribution in [0.15, 0.2) is 18.3 Å². The molecule has 1 aromatic heterocycles. The third kappa shape index (κ3) is 4.45. The topological polar surface area (TPSA) is 45.1 Å². The zero-order valence-electron chi connectivity index (χ0n) is 12.0. The number of alkyl halides is 3. The van der Waals surface area contributed by atoms with E-state index < -0.39 is 17.3 Å². The van der Waals surface area contributed by atoms with Crippen molar-refractivity contribution < 1.29 is 18.3 Å². The van der Waals surface area contributed by atoms with Crippen LogP contribution in [0, 0.1) is 5.92 Å². The molecule has 0 amide bonds. The minimum atomic E-state index is -4.41. The van der Waals surface area contributed by atoms with Gasteiger partial charge in [0.1, 0.15) is 0 Å². The van der Waals surface area contributed by atoms with Crippen LogP contribution in [0.1, 0.15) is 38.4 Å². The molecular weight excluding hydrogens is 269 g/mol. The lowest BCUT2D eigenvalue weighted by Gasteiger charge is -2.30. The third-order valence-corrected chi connectivity index (χ3v) is 3.64. The van der Waals surface area contributed by atoms with Crippen molar-refractivity contribution in [3.8, 4) is 0 Å². The zero-order valence-corrected chi connectivity index (χ0v) is 12.0. The van der Waals surface area contributed by atoms with Crippen LogP contribution in [0.4, 0.5) is 13.2 Å². The average molecular weight is 290 g/mol. The van der Waals surface area contributed by atoms with E-state index in [0.717, 1.165) is 12.5 Å². The molecule has 0 saturated carbocycles. The maximum atomic E-state index is 12.8. The first-order chi connectivity index (χ1) is 9.18. The first-order valence-electron chi connectivity index (χ1n) is 6.62. The third-order valence-electron chi connectivity index (χ3n) is 3.64. The Hall–Kier alpha value is -1.14. The molecule has 2 atom stereocenters. The van der Waals surface area contributed by atoms with Gasteiger partial charge in [-0.1, -0.05) is 20.3 Å². The molecule has 2 unspecified atom stereocenters. The van der Waals surface area contributed by atoms with Gasteiger partial charge < -0.3 is 10.4 Å². The fraction of sp³-hybridized carbons (Fsp3) is 0.643. The van der Waals surface area contributed by atoms with Crippen molar-refractivity contribution in [3.63, 3.8) is 0 Å². The molecule has 1 heterocycles. The van der Waals surface area contributed by atoms with Crippen molar-refractivity contribution in [2.45, 2.75) is 45.5 Å². The van der Waals surface area contributed by atoms with Crippen LogP contribution < -0.4 is 5.32 Å². The lowest BCUT2D eigenvalue weighted by molar-refractivity contribution is -0.138. The maximum Gasteiger partial charge on any atom is 0.418 e. The maximum absolute atomic E-state index is 12.8. The largest absolute Gasteiger partial charge is 0.418 e. The Kier molecular flexibility index (Phi) is 5.53. The van der Waals surface area contributed by atoms with E-state index in [1.165, 1.54) is 12.3 Å². The van der Waals surface area contributed by atoms with Gasteiger partial charge in [0.05, 0.1) is 16.9 Å². The van der Waals surface area contributed by atoms with Crippen molar-refractivity contribution in [2.75, 3.05) is 6.54 Å². The molecule has 1 aromatic rings. The standard InChI is InChI=1S/C14H21F3N2O/c1-4-10(2)13(3,20)9-18-8-12-11(14(15,16)17)6-5-7-19-12/h5-7,10,18,20H,4,8-9H2,1-3H3. The Morgan fingerprint density at radius 2 is 2.05 bits per heavy atom. The van der Waals surface area contributed by atoms with Gasteiger partial charge in [0.2, 0.25) is 0 Å². The number of halogens is 3. The predicted molar refractivity (Wildman–Crippen MR) is 71.0 cm³/mol. The molecule has 0 radical (unpaired) electrons. The second-order valence-electron chi connectivity index (χ2n) is 5.27. The van der Waals surface area contributed by atoms with Crippen LogP contribution in [-0.2, 0) is 12.7 Å². The van der Waals surface area contributed by atoms with Crippen LogP contribution in [0.25, 0.3) is 0 Å². The SMILES string of the molecule is CCC(C)C(C)(O)CNCc1ncccc1C(F)(F)F. The summed E-state index contributed by atoms with van der Waals surface area (Å²) in [6.45, 7) is 5.73. The summed E-state index contributed by atoms with van der Waals surface area (Å²) in [6.07, 6.45) is -2.28. The second kappa shape index (κ2) is 6.54. The molecule has 6 heteroatoms. The zero-order chi connectivity index (χ0) is 15.4. The summed E-state index contributed by atoms with van der Waals surface area (Å²) < 4.78 is 38.3. The summed E-state index contributed by atoms with van der Waals surface area (Å²) in [4.78, 5) is 3.77. The number of hydrogen-bond donors (Lipinski definition) is 2. The fourth-order valence-electron chi connectivity index (χ4n) is 1.88. The first kappa shape index (κ1) is 16.9. The average Bonchev–Trinajstić information content (AvgIpc) is 2.37. The molecule has 0 aliphatic carbocycles. The van der Waals surface area contributed by atoms with Crippen molar-refractivity contribution in [3.05, 3.63) is 29.6 Å². The number of nitrogens with zero attached hydrogens (tertiary/aromatic N) is 1. The molecule has 1 rings (SSSR count). The number of hydrogen-bond acceptors (Lipinski definition) is 3. The van der Waals surface area contributed by atoms with Gasteiger partial charge in [-0.2, -0.15) is 13.2 Å². The minimum absolute atomic E-state index is 0.0255. The van der Waals surface area contributed by atoms with Gasteiger partial charge in [-0.25, -0.2) is 0 Å². The summed E-state index contributed by atoms with van der Waals surface area (Å²) in [7, 11) is 0. The van der Waals surface area contributed by atoms with Crippen LogP contribution in [0.5, 0.6) is 0 Å². The van der Waals surface area contributed by atoms with Crippen LogP contribution >= 0.6 is 0 Å². The van der Waals surface area contributed by atoms with Crippen molar-refractivity contribution in [1.82, 2.24) is 10.3 Å². The number of nitrogens with one attached hydrogen (secondary N) is 1. The van der Waals surface area contributed by atoms with Crippen LogP contribution in [0.3, 0.4) is 0 Å². The lowest BCUT2D eigenvalue weighted by Crippen LogP contribution is -2.43. The van der Waals surface area contributed by atoms with Crippen molar-refractivity contribution >= 4 is 0 Å². The minimum Gasteiger partial charge on any atom is -0.389 e. The van der Waals surface area contributed by atoms with Crippen molar-refractivity contribution in [1.29, 1.82) is 0 Å². The molecule has 0 aromatic carbocycles. The van der Waals surface area contributed by atoms with Gasteiger partial charge in [-0.3, -0.25) is 4.98 Å². The van der Waals surface area contributed by atoms with Gasteiger partial charge in [-0.15, -0.1) is 0 Å². The molecule has 0 saturated heterocycles. The van der Waals surface area contributed by atoms with Gasteiger partial charge in [-0.05, 0) is 25.0 Å². The molecule has 3 nitrogen and oxygen atoms in total. The highest BCUT2D eigenvalue weighted by atomic mass is 19.4. The van der Waals surface area contributed by atoms with Crippen molar-refractivity contribution in [2.24, 2.45) is 5.92 Å². The van der Waals surface area contributed by atoms with E-state index >= 15 is 0 Å². The van der Waals surface area contributed by atoms with E-state index in [0.29, 0.717) is 0 Å². The summed E-state index contributed by atoms with van der Waals surface area (Å²) in [6, 6.07) is 2.28. The van der Waals surface area contributed by atoms with Gasteiger partial charge in [0.15, 0.2) is 0 Å². The van der Waals surface area contributed by atoms with E-state index in [9.17, 15) is 18.3 Å². The normalized spacial score (nSPS) is 16.8. The number of aliphatic hydroxyl groups is 1. The second-order valence-corrected chi connectivity index (χ2v) is 5.27. The molecule has 2 N–H and O–H groups in total. The predicted octanol–water partition coefficient (Wildman–Crippen LogP) is 2.99. The summed E-state index contributed by atoms with van der Waals surface area (Å²) >= 11 is 0. The van der Waals surface area contributed by atoms with E-state index in [2.05, 4.69) is 10.3 Å². The first-order valence-corrected chi connectivity index (χ1v) is 6.62. The summed E-state index contributed by atoms with van der Waals surface area (Å²) in [5.74, 6) is 0.0563. The molecule has 114 valence electrons. The highest BCUT2D eigenvalue weighted by Crippen LogP contribution is 2.30. The van der Waals surface area contributed by atoms with Gasteiger partial charge in [0.25, 0.3) is 0 Å². The monoisotopic (exact) mass is 290 g/mol. The van der Waals surface area contributed by atoms with E-state index in [1.54, 1.807) is 6.92 Å². The van der Waals surface area contributed by atoms with E-state index in [-0.39, 0.29) is 24.7 Å². The number of rotatable bonds is 6. The Balaban J connectivity index is 2.68. The van der Waals surface area contributed by atoms with Crippen LogP contribution in [0.2, 0.25) is 0 Å². The molecular formula is C14H21F3N2O. The van der Waals surface area contributed by atoms with Crippen LogP contribution in [-0.4, -0.2) is 22.2 Å². The molecule has 0 fully saturated rings. The lowest BCUT2D eigenvalue weighted by atomic mass is 9.88. The molecule has 0 aliphatic heterocycles. The number of pyridine rings is 1. The fourth-order valence-corrected chi connectivity index (χ4v) is 1.88. The Morgan fingerprint density at radius 1 is 1.40 bits per heavy atom. The van der Waals surface area contributed by atoms with Gasteiger partial charge in [0, 0.05) is 19.3 Å². The molecule has 0 aliphatic rings. The van der Waals surface area contributed by atoms with Gasteiger partial charge >= 0.3 is 6.18 Å². The highest BCUT2D eigenvalue weighted by Gasteiger charge is 2.34. The summed E-state index contributed by atoms with van der Waals surface area (Å²) in [5, 5.41) is 13.0. The molecule has 0 bridgehead atoms.